The molecule has 1 aliphatic rings. The highest BCUT2D eigenvalue weighted by Gasteiger charge is 2.61. The number of hydrogen-bond donors (Lipinski definition) is 3. The molecule has 0 aromatic heterocycles. The molecule has 1 rings (SSSR count). The van der Waals surface area contributed by atoms with Gasteiger partial charge in [0.25, 0.3) is 0 Å². The van der Waals surface area contributed by atoms with Gasteiger partial charge >= 0.3 is 11.9 Å². The summed E-state index contributed by atoms with van der Waals surface area (Å²) in [5, 5.41) is 29.0. The number of rotatable bonds is 13. The molecule has 0 spiro atoms. The van der Waals surface area contributed by atoms with Gasteiger partial charge in [0.1, 0.15) is 0 Å². The predicted molar refractivity (Wildman–Crippen MR) is 92.8 cm³/mol. The fourth-order valence-electron chi connectivity index (χ4n) is 3.83. The molecule has 0 bridgehead atoms. The van der Waals surface area contributed by atoms with Crippen LogP contribution >= 0.6 is 0 Å². The molecule has 24 heavy (non-hydrogen) atoms. The summed E-state index contributed by atoms with van der Waals surface area (Å²) in [5.74, 6) is -2.15. The Morgan fingerprint density at radius 1 is 1.00 bits per heavy atom. The molecule has 1 aliphatic carbocycles. The summed E-state index contributed by atoms with van der Waals surface area (Å²) in [5.41, 5.74) is -1.91. The van der Waals surface area contributed by atoms with Crippen molar-refractivity contribution in [2.75, 3.05) is 0 Å². The van der Waals surface area contributed by atoms with Gasteiger partial charge in [-0.25, -0.2) is 0 Å². The highest BCUT2D eigenvalue weighted by Crippen LogP contribution is 2.59. The minimum absolute atomic E-state index is 0.295. The van der Waals surface area contributed by atoms with E-state index in [2.05, 4.69) is 6.92 Å². The molecule has 0 radical (unpaired) electrons. The molecule has 2 atom stereocenters. The first kappa shape index (κ1) is 20.9. The van der Waals surface area contributed by atoms with Crippen LogP contribution in [0.15, 0.2) is 0 Å². The molecule has 0 aromatic rings. The van der Waals surface area contributed by atoms with E-state index in [0.29, 0.717) is 25.7 Å². The van der Waals surface area contributed by atoms with Crippen LogP contribution in [0.2, 0.25) is 0 Å². The maximum Gasteiger partial charge on any atom is 0.309 e. The van der Waals surface area contributed by atoms with Crippen LogP contribution in [-0.4, -0.2) is 33.4 Å². The van der Waals surface area contributed by atoms with Gasteiger partial charge in [0.05, 0.1) is 16.9 Å². The van der Waals surface area contributed by atoms with Crippen LogP contribution in [0.5, 0.6) is 0 Å². The van der Waals surface area contributed by atoms with Crippen LogP contribution in [0, 0.1) is 16.7 Å². The Balaban J connectivity index is 2.53. The van der Waals surface area contributed by atoms with E-state index in [0.717, 1.165) is 38.5 Å². The summed E-state index contributed by atoms with van der Waals surface area (Å²) < 4.78 is 0. The van der Waals surface area contributed by atoms with Gasteiger partial charge < -0.3 is 15.3 Å². The lowest BCUT2D eigenvalue weighted by atomic mass is 9.67. The first-order valence-electron chi connectivity index (χ1n) is 9.33. The van der Waals surface area contributed by atoms with Gasteiger partial charge in [0, 0.05) is 0 Å². The average Bonchev–Trinajstić information content (AvgIpc) is 3.28. The smallest absolute Gasteiger partial charge is 0.309 e. The van der Waals surface area contributed by atoms with E-state index in [4.69, 9.17) is 0 Å². The molecule has 5 heteroatoms. The number of carbonyl (C=O) groups is 2. The van der Waals surface area contributed by atoms with E-state index in [9.17, 15) is 24.9 Å². The van der Waals surface area contributed by atoms with Gasteiger partial charge in [-0.1, -0.05) is 39.0 Å². The molecule has 140 valence electrons. The molecule has 3 N–H and O–H groups in total. The van der Waals surface area contributed by atoms with Gasteiger partial charge in [-0.15, -0.1) is 0 Å². The third-order valence-electron chi connectivity index (χ3n) is 5.73. The molecule has 0 saturated heterocycles. The fourth-order valence-corrected chi connectivity index (χ4v) is 3.83. The van der Waals surface area contributed by atoms with Crippen molar-refractivity contribution in [2.24, 2.45) is 16.7 Å². The van der Waals surface area contributed by atoms with Crippen molar-refractivity contribution in [1.29, 1.82) is 0 Å². The second kappa shape index (κ2) is 8.84. The van der Waals surface area contributed by atoms with E-state index >= 15 is 0 Å². The lowest BCUT2D eigenvalue weighted by Crippen LogP contribution is -2.41. The first-order chi connectivity index (χ1) is 11.2. The number of carboxylic acid groups (broad SMARTS) is 2. The monoisotopic (exact) mass is 342 g/mol. The minimum atomic E-state index is -1.05. The Bertz CT molecular complexity index is 409. The van der Waals surface area contributed by atoms with Crippen LogP contribution < -0.4 is 0 Å². The zero-order chi connectivity index (χ0) is 18.4. The normalized spacial score (nSPS) is 18.8. The molecule has 1 fully saturated rings. The van der Waals surface area contributed by atoms with Crippen molar-refractivity contribution in [1.82, 2.24) is 0 Å². The lowest BCUT2D eigenvalue weighted by Gasteiger charge is -2.35. The summed E-state index contributed by atoms with van der Waals surface area (Å²) in [6.45, 7) is 5.41. The molecule has 0 aliphatic heterocycles. The Kier molecular flexibility index (Phi) is 7.71. The third-order valence-corrected chi connectivity index (χ3v) is 5.73. The molecular weight excluding hydrogens is 308 g/mol. The van der Waals surface area contributed by atoms with Crippen molar-refractivity contribution in [3.05, 3.63) is 0 Å². The number of aliphatic carboxylic acids is 2. The summed E-state index contributed by atoms with van der Waals surface area (Å²) in [6.07, 6.45) is 7.85. The Labute approximate surface area is 145 Å². The predicted octanol–water partition coefficient (Wildman–Crippen LogP) is 4.08. The maximum atomic E-state index is 11.6. The molecular formula is C19H34O5. The number of hydrogen-bond acceptors (Lipinski definition) is 3. The molecule has 0 amide bonds. The van der Waals surface area contributed by atoms with Crippen LogP contribution in [0.4, 0.5) is 0 Å². The summed E-state index contributed by atoms with van der Waals surface area (Å²) in [6, 6.07) is 0. The summed E-state index contributed by atoms with van der Waals surface area (Å²) in [4.78, 5) is 23.3. The summed E-state index contributed by atoms with van der Waals surface area (Å²) in [7, 11) is 0. The van der Waals surface area contributed by atoms with E-state index in [1.165, 1.54) is 0 Å². The highest BCUT2D eigenvalue weighted by molar-refractivity contribution is 5.81. The first-order valence-corrected chi connectivity index (χ1v) is 9.33. The van der Waals surface area contributed by atoms with Crippen molar-refractivity contribution < 1.29 is 24.9 Å². The van der Waals surface area contributed by atoms with E-state index in [1.54, 1.807) is 13.8 Å². The molecule has 1 saturated carbocycles. The standard InChI is InChI=1S/C19H34O5/c1-4-5-6-9-14(20)10-7-8-11-15(18(2,3)16(21)22)19(12-13-19)17(23)24/h14-15,20H,4-13H2,1-3H3,(H,21,22)(H,23,24). The maximum absolute atomic E-state index is 11.6. The molecule has 2 unspecified atom stereocenters. The Morgan fingerprint density at radius 3 is 1.92 bits per heavy atom. The van der Waals surface area contributed by atoms with Crippen molar-refractivity contribution in [3.63, 3.8) is 0 Å². The third kappa shape index (κ3) is 5.20. The van der Waals surface area contributed by atoms with E-state index in [-0.39, 0.29) is 12.0 Å². The zero-order valence-corrected chi connectivity index (χ0v) is 15.4. The van der Waals surface area contributed by atoms with Crippen LogP contribution in [0.3, 0.4) is 0 Å². The van der Waals surface area contributed by atoms with Crippen LogP contribution in [-0.2, 0) is 9.59 Å². The quantitative estimate of drug-likeness (QED) is 0.438. The van der Waals surface area contributed by atoms with Gasteiger partial charge in [0.2, 0.25) is 0 Å². The number of aliphatic hydroxyl groups is 1. The molecule has 5 nitrogen and oxygen atoms in total. The average molecular weight is 342 g/mol. The van der Waals surface area contributed by atoms with Gasteiger partial charge in [-0.2, -0.15) is 0 Å². The largest absolute Gasteiger partial charge is 0.481 e. The van der Waals surface area contributed by atoms with Gasteiger partial charge in [-0.3, -0.25) is 9.59 Å². The van der Waals surface area contributed by atoms with Crippen molar-refractivity contribution in [3.8, 4) is 0 Å². The van der Waals surface area contributed by atoms with Crippen LogP contribution in [0.1, 0.15) is 85.0 Å². The number of carboxylic acids is 2. The summed E-state index contributed by atoms with van der Waals surface area (Å²) >= 11 is 0. The van der Waals surface area contributed by atoms with E-state index in [1.807, 2.05) is 0 Å². The van der Waals surface area contributed by atoms with Gasteiger partial charge in [0.15, 0.2) is 0 Å². The molecule has 0 heterocycles. The topological polar surface area (TPSA) is 94.8 Å². The van der Waals surface area contributed by atoms with Crippen molar-refractivity contribution in [2.45, 2.75) is 91.1 Å². The SMILES string of the molecule is CCCCCC(O)CCCCC(C(C)(C)C(=O)O)C1(C(=O)O)CC1. The van der Waals surface area contributed by atoms with E-state index < -0.39 is 22.8 Å². The number of unbranched alkanes of at least 4 members (excludes halogenated alkanes) is 3. The number of aliphatic hydroxyl groups excluding tert-OH is 1. The Hall–Kier alpha value is -1.10. The second-order valence-electron chi connectivity index (χ2n) is 7.97. The van der Waals surface area contributed by atoms with Crippen molar-refractivity contribution >= 4 is 11.9 Å². The zero-order valence-electron chi connectivity index (χ0n) is 15.4. The molecule has 0 aromatic carbocycles. The van der Waals surface area contributed by atoms with Crippen LogP contribution in [0.25, 0.3) is 0 Å². The lowest BCUT2D eigenvalue weighted by molar-refractivity contribution is -0.158. The second-order valence-corrected chi connectivity index (χ2v) is 7.97. The Morgan fingerprint density at radius 2 is 1.50 bits per heavy atom. The fraction of sp³-hybridized carbons (Fsp3) is 0.895. The highest BCUT2D eigenvalue weighted by atomic mass is 16.4. The van der Waals surface area contributed by atoms with Gasteiger partial charge in [-0.05, 0) is 51.9 Å². The minimum Gasteiger partial charge on any atom is -0.481 e.